The molecule has 8 heteroatoms. The molecule has 0 aliphatic heterocycles. The zero-order valence-electron chi connectivity index (χ0n) is 12.4. The summed E-state index contributed by atoms with van der Waals surface area (Å²) < 4.78 is 8.67. The zero-order valence-corrected chi connectivity index (χ0v) is 12.4. The first-order valence-electron chi connectivity index (χ1n) is 6.54. The third kappa shape index (κ3) is 6.15. The van der Waals surface area contributed by atoms with E-state index in [1.807, 2.05) is 13.8 Å². The van der Waals surface area contributed by atoms with Crippen molar-refractivity contribution in [1.82, 2.24) is 4.90 Å². The van der Waals surface area contributed by atoms with Gasteiger partial charge < -0.3 is 24.6 Å². The Hall–Kier alpha value is -2.25. The molecule has 0 aromatic carbocycles. The number of hydrogen-bond donors (Lipinski definition) is 2. The highest BCUT2D eigenvalue weighted by Gasteiger charge is 2.23. The number of nitrogens with zero attached hydrogens (tertiary/aromatic N) is 1. The molecule has 2 N–H and O–H groups in total. The van der Waals surface area contributed by atoms with Gasteiger partial charge in [0.2, 0.25) is 0 Å². The minimum Gasteiger partial charge on any atom is -0.499 e. The van der Waals surface area contributed by atoms with Crippen LogP contribution in [0.4, 0.5) is 0 Å². The second kappa shape index (κ2) is 9.62. The highest BCUT2D eigenvalue weighted by atomic mass is 16.6. The summed E-state index contributed by atoms with van der Waals surface area (Å²) in [6.45, 7) is 4.28. The molecule has 0 spiro atoms. The van der Waals surface area contributed by atoms with E-state index in [0.717, 1.165) is 20.0 Å². The number of rotatable bonds is 8. The molecule has 1 amide bonds. The van der Waals surface area contributed by atoms with Gasteiger partial charge in [-0.3, -0.25) is 4.79 Å². The van der Waals surface area contributed by atoms with Gasteiger partial charge in [0.15, 0.2) is 6.61 Å². The van der Waals surface area contributed by atoms with Crippen LogP contribution >= 0.6 is 0 Å². The Morgan fingerprint density at radius 1 is 0.952 bits per heavy atom. The maximum absolute atomic E-state index is 11.8. The van der Waals surface area contributed by atoms with E-state index in [2.05, 4.69) is 9.47 Å². The van der Waals surface area contributed by atoms with Crippen LogP contribution in [0.3, 0.4) is 0 Å². The minimum absolute atomic E-state index is 0.419. The molecule has 0 aromatic heterocycles. The van der Waals surface area contributed by atoms with E-state index in [9.17, 15) is 19.5 Å². The molecule has 21 heavy (non-hydrogen) atoms. The molecule has 0 rings (SSSR count). The number of ether oxygens (including phenoxy) is 2. The number of aliphatic hydroxyl groups is 2. The Labute approximate surface area is 122 Å². The summed E-state index contributed by atoms with van der Waals surface area (Å²) in [6, 6.07) is 0. The molecule has 0 bridgehead atoms. The van der Waals surface area contributed by atoms with Crippen molar-refractivity contribution < 1.29 is 34.1 Å². The van der Waals surface area contributed by atoms with Crippen molar-refractivity contribution in [2.45, 2.75) is 26.7 Å². The van der Waals surface area contributed by atoms with Gasteiger partial charge in [-0.05, 0) is 12.8 Å². The molecular formula is C13H21NO7. The molecule has 0 aromatic rings. The fourth-order valence-electron chi connectivity index (χ4n) is 1.48. The predicted octanol–water partition coefficient (Wildman–Crippen LogP) is 0.679. The highest BCUT2D eigenvalue weighted by Crippen LogP contribution is 2.03. The summed E-state index contributed by atoms with van der Waals surface area (Å²) >= 11 is 0. The minimum atomic E-state index is -1.38. The number of hydrogen-bond acceptors (Lipinski definition) is 7. The predicted molar refractivity (Wildman–Crippen MR) is 72.4 cm³/mol. The normalized spacial score (nSPS) is 11.4. The second-order valence-corrected chi connectivity index (χ2v) is 4.15. The quantitative estimate of drug-likeness (QED) is 0.385. The molecular weight excluding hydrogens is 282 g/mol. The smallest absolute Gasteiger partial charge is 0.378 e. The van der Waals surface area contributed by atoms with Crippen molar-refractivity contribution in [2.24, 2.45) is 0 Å². The van der Waals surface area contributed by atoms with E-state index in [-0.39, 0.29) is 0 Å². The number of amides is 1. The lowest BCUT2D eigenvalue weighted by Gasteiger charge is -2.21. The summed E-state index contributed by atoms with van der Waals surface area (Å²) in [7, 11) is 0.966. The molecule has 8 nitrogen and oxygen atoms in total. The Morgan fingerprint density at radius 3 is 1.86 bits per heavy atom. The summed E-state index contributed by atoms with van der Waals surface area (Å²) in [5, 5.41) is 18.4. The average Bonchev–Trinajstić information content (AvgIpc) is 2.49. The van der Waals surface area contributed by atoms with Crippen LogP contribution in [-0.2, 0) is 23.9 Å². The number of methoxy groups -OCH3 is 1. The molecule has 120 valence electrons. The molecule has 0 aliphatic rings. The Kier molecular flexibility index (Phi) is 8.59. The molecule has 0 atom stereocenters. The first-order valence-corrected chi connectivity index (χ1v) is 6.54. The third-order valence-corrected chi connectivity index (χ3v) is 2.46. The lowest BCUT2D eigenvalue weighted by atomic mass is 10.3. The lowest BCUT2D eigenvalue weighted by molar-refractivity contribution is -0.152. The zero-order chi connectivity index (χ0) is 16.4. The Bertz CT molecular complexity index is 411. The van der Waals surface area contributed by atoms with Crippen molar-refractivity contribution in [3.05, 3.63) is 11.5 Å². The lowest BCUT2D eigenvalue weighted by Crippen LogP contribution is -2.36. The third-order valence-electron chi connectivity index (χ3n) is 2.46. The first-order chi connectivity index (χ1) is 9.88. The standard InChI is InChI=1S/C13H21NO7/c1-4-6-14(7-5-2)9(15)8-21-13(19)11(17)10(16)12(18)20-3/h16-17H,4-8H2,1-3H3/b11-10+. The largest absolute Gasteiger partial charge is 0.499 e. The Morgan fingerprint density at radius 2 is 1.43 bits per heavy atom. The van der Waals surface area contributed by atoms with Crippen molar-refractivity contribution in [2.75, 3.05) is 26.8 Å². The van der Waals surface area contributed by atoms with E-state index in [1.54, 1.807) is 0 Å². The van der Waals surface area contributed by atoms with Crippen molar-refractivity contribution in [3.63, 3.8) is 0 Å². The SMILES string of the molecule is CCCN(CCC)C(=O)COC(=O)/C(O)=C(\O)C(=O)OC. The molecule has 0 saturated carbocycles. The van der Waals surface area contributed by atoms with E-state index < -0.39 is 36.0 Å². The first kappa shape index (κ1) is 18.8. The summed E-state index contributed by atoms with van der Waals surface area (Å²) in [5.41, 5.74) is 0. The van der Waals surface area contributed by atoms with Gasteiger partial charge in [0.25, 0.3) is 17.4 Å². The van der Waals surface area contributed by atoms with E-state index in [1.165, 1.54) is 4.90 Å². The molecule has 0 heterocycles. The van der Waals surface area contributed by atoms with Crippen molar-refractivity contribution in [1.29, 1.82) is 0 Å². The van der Waals surface area contributed by atoms with Crippen LogP contribution in [0.1, 0.15) is 26.7 Å². The summed E-state index contributed by atoms with van der Waals surface area (Å²) in [5.74, 6) is -5.65. The van der Waals surface area contributed by atoms with Gasteiger partial charge in [0.05, 0.1) is 7.11 Å². The molecule has 0 radical (unpaired) electrons. The number of esters is 2. The van der Waals surface area contributed by atoms with Crippen molar-refractivity contribution >= 4 is 17.8 Å². The van der Waals surface area contributed by atoms with Gasteiger partial charge in [-0.2, -0.15) is 0 Å². The van der Waals surface area contributed by atoms with E-state index in [4.69, 9.17) is 5.11 Å². The van der Waals surface area contributed by atoms with Crippen LogP contribution in [0.5, 0.6) is 0 Å². The van der Waals surface area contributed by atoms with E-state index >= 15 is 0 Å². The van der Waals surface area contributed by atoms with Crippen LogP contribution in [0.2, 0.25) is 0 Å². The van der Waals surface area contributed by atoms with Crippen LogP contribution < -0.4 is 0 Å². The number of carbonyl (C=O) groups is 3. The maximum atomic E-state index is 11.8. The van der Waals surface area contributed by atoms with Gasteiger partial charge in [0, 0.05) is 13.1 Å². The highest BCUT2D eigenvalue weighted by molar-refractivity contribution is 5.97. The molecule has 0 saturated heterocycles. The van der Waals surface area contributed by atoms with Gasteiger partial charge in [-0.25, -0.2) is 9.59 Å². The Balaban J connectivity index is 4.60. The van der Waals surface area contributed by atoms with Gasteiger partial charge in [0.1, 0.15) is 0 Å². The second-order valence-electron chi connectivity index (χ2n) is 4.15. The monoisotopic (exact) mass is 303 g/mol. The van der Waals surface area contributed by atoms with E-state index in [0.29, 0.717) is 13.1 Å². The van der Waals surface area contributed by atoms with Crippen LogP contribution in [-0.4, -0.2) is 59.8 Å². The van der Waals surface area contributed by atoms with Gasteiger partial charge >= 0.3 is 11.9 Å². The molecule has 0 fully saturated rings. The van der Waals surface area contributed by atoms with Crippen molar-refractivity contribution in [3.8, 4) is 0 Å². The molecule has 0 aliphatic carbocycles. The summed E-state index contributed by atoms with van der Waals surface area (Å²) in [4.78, 5) is 35.6. The van der Waals surface area contributed by atoms with Gasteiger partial charge in [-0.15, -0.1) is 0 Å². The molecule has 0 unspecified atom stereocenters. The summed E-state index contributed by atoms with van der Waals surface area (Å²) in [6.07, 6.45) is 1.52. The van der Waals surface area contributed by atoms with Crippen LogP contribution in [0.25, 0.3) is 0 Å². The topological polar surface area (TPSA) is 113 Å². The average molecular weight is 303 g/mol. The van der Waals surface area contributed by atoms with Crippen LogP contribution in [0.15, 0.2) is 11.5 Å². The fourth-order valence-corrected chi connectivity index (χ4v) is 1.48. The number of carbonyl (C=O) groups excluding carboxylic acids is 3. The fraction of sp³-hybridized carbons (Fsp3) is 0.615. The maximum Gasteiger partial charge on any atom is 0.378 e. The van der Waals surface area contributed by atoms with Gasteiger partial charge in [-0.1, -0.05) is 13.8 Å². The van der Waals surface area contributed by atoms with Crippen LogP contribution in [0, 0.1) is 0 Å². The number of aliphatic hydroxyl groups excluding tert-OH is 2.